The third-order valence-electron chi connectivity index (χ3n) is 3.26. The Kier molecular flexibility index (Phi) is 8.64. The molecule has 0 radical (unpaired) electrons. The number of halogens is 1. The first-order valence-electron chi connectivity index (χ1n) is 7.24. The van der Waals surface area contributed by atoms with Crippen LogP contribution in [0.25, 0.3) is 11.3 Å². The summed E-state index contributed by atoms with van der Waals surface area (Å²) < 4.78 is 5.03. The van der Waals surface area contributed by atoms with Gasteiger partial charge in [0.1, 0.15) is 5.82 Å². The van der Waals surface area contributed by atoms with Crippen LogP contribution in [0.3, 0.4) is 0 Å². The van der Waals surface area contributed by atoms with Crippen LogP contribution in [0.5, 0.6) is 0 Å². The zero-order valence-corrected chi connectivity index (χ0v) is 16.1. The lowest BCUT2D eigenvalue weighted by atomic mass is 10.2. The summed E-state index contributed by atoms with van der Waals surface area (Å²) in [6, 6.07) is 10.2. The molecule has 0 aliphatic carbocycles. The Hall–Kier alpha value is -1.61. The van der Waals surface area contributed by atoms with Crippen molar-refractivity contribution in [1.82, 2.24) is 20.2 Å². The average molecular weight is 429 g/mol. The van der Waals surface area contributed by atoms with Crippen molar-refractivity contribution in [2.75, 3.05) is 34.4 Å². The van der Waals surface area contributed by atoms with Gasteiger partial charge in [0.15, 0.2) is 5.96 Å². The number of ether oxygens (including phenoxy) is 1. The summed E-state index contributed by atoms with van der Waals surface area (Å²) in [4.78, 5) is 14.1. The molecule has 2 N–H and O–H groups in total. The Morgan fingerprint density at radius 1 is 1.35 bits per heavy atom. The standard InChI is InChI=1S/C16H23N5O.HI/c1-17-16(18-9-10-22-3)21(2)12-15-19-11-14(20-15)13-7-5-4-6-8-13;/h4-8,11H,9-10,12H2,1-3H3,(H,17,18)(H,19,20);1H. The number of benzene rings is 1. The Balaban J connectivity index is 0.00000264. The van der Waals surface area contributed by atoms with Crippen molar-refractivity contribution in [3.63, 3.8) is 0 Å². The molecule has 126 valence electrons. The highest BCUT2D eigenvalue weighted by molar-refractivity contribution is 14.0. The molecule has 7 heteroatoms. The van der Waals surface area contributed by atoms with Gasteiger partial charge in [-0.15, -0.1) is 24.0 Å². The molecule has 0 spiro atoms. The van der Waals surface area contributed by atoms with Crippen molar-refractivity contribution >= 4 is 29.9 Å². The zero-order chi connectivity index (χ0) is 15.8. The van der Waals surface area contributed by atoms with Crippen LogP contribution in [0.15, 0.2) is 41.5 Å². The lowest BCUT2D eigenvalue weighted by molar-refractivity contribution is 0.203. The second kappa shape index (κ2) is 10.2. The fourth-order valence-corrected chi connectivity index (χ4v) is 2.16. The second-order valence-electron chi connectivity index (χ2n) is 4.93. The van der Waals surface area contributed by atoms with Crippen LogP contribution in [0.2, 0.25) is 0 Å². The van der Waals surface area contributed by atoms with E-state index in [0.717, 1.165) is 29.6 Å². The molecule has 23 heavy (non-hydrogen) atoms. The van der Waals surface area contributed by atoms with Gasteiger partial charge in [0.05, 0.1) is 25.0 Å². The van der Waals surface area contributed by atoms with Gasteiger partial charge < -0.3 is 19.9 Å². The van der Waals surface area contributed by atoms with E-state index >= 15 is 0 Å². The number of nitrogens with one attached hydrogen (secondary N) is 2. The minimum Gasteiger partial charge on any atom is -0.383 e. The Bertz CT molecular complexity index is 600. The summed E-state index contributed by atoms with van der Waals surface area (Å²) >= 11 is 0. The van der Waals surface area contributed by atoms with E-state index in [1.54, 1.807) is 14.2 Å². The van der Waals surface area contributed by atoms with Gasteiger partial charge in [-0.1, -0.05) is 30.3 Å². The monoisotopic (exact) mass is 429 g/mol. The zero-order valence-electron chi connectivity index (χ0n) is 13.7. The summed E-state index contributed by atoms with van der Waals surface area (Å²) in [5.41, 5.74) is 2.15. The first kappa shape index (κ1) is 19.4. The van der Waals surface area contributed by atoms with Crippen molar-refractivity contribution in [3.8, 4) is 11.3 Å². The molecule has 0 fully saturated rings. The third-order valence-corrected chi connectivity index (χ3v) is 3.26. The van der Waals surface area contributed by atoms with Gasteiger partial charge >= 0.3 is 0 Å². The summed E-state index contributed by atoms with van der Waals surface area (Å²) in [7, 11) is 5.43. The number of H-pyrrole nitrogens is 1. The smallest absolute Gasteiger partial charge is 0.193 e. The Morgan fingerprint density at radius 2 is 2.09 bits per heavy atom. The van der Waals surface area contributed by atoms with Gasteiger partial charge in [-0.05, 0) is 5.56 Å². The topological polar surface area (TPSA) is 65.5 Å². The predicted molar refractivity (Wildman–Crippen MR) is 104 cm³/mol. The van der Waals surface area contributed by atoms with E-state index in [0.29, 0.717) is 13.2 Å². The van der Waals surface area contributed by atoms with E-state index in [1.165, 1.54) is 0 Å². The SMILES string of the molecule is CN=C(NCCOC)N(C)Cc1ncc(-c2ccccc2)[nH]1.I. The van der Waals surface area contributed by atoms with Crippen LogP contribution in [-0.4, -0.2) is 55.2 Å². The maximum absolute atomic E-state index is 5.03. The molecule has 0 aliphatic heterocycles. The van der Waals surface area contributed by atoms with E-state index in [9.17, 15) is 0 Å². The largest absolute Gasteiger partial charge is 0.383 e. The van der Waals surface area contributed by atoms with Gasteiger partial charge in [-0.25, -0.2) is 4.98 Å². The molecule has 1 aromatic heterocycles. The fourth-order valence-electron chi connectivity index (χ4n) is 2.16. The molecular weight excluding hydrogens is 405 g/mol. The number of nitrogens with zero attached hydrogens (tertiary/aromatic N) is 3. The molecule has 0 amide bonds. The lowest BCUT2D eigenvalue weighted by Crippen LogP contribution is -2.40. The van der Waals surface area contributed by atoms with Crippen LogP contribution in [0.1, 0.15) is 5.82 Å². The summed E-state index contributed by atoms with van der Waals surface area (Å²) in [6.07, 6.45) is 1.86. The summed E-state index contributed by atoms with van der Waals surface area (Å²) in [5.74, 6) is 1.71. The fraction of sp³-hybridized carbons (Fsp3) is 0.375. The molecule has 0 bridgehead atoms. The van der Waals surface area contributed by atoms with Crippen LogP contribution >= 0.6 is 24.0 Å². The van der Waals surface area contributed by atoms with E-state index < -0.39 is 0 Å². The number of guanidine groups is 1. The molecule has 6 nitrogen and oxygen atoms in total. The lowest BCUT2D eigenvalue weighted by Gasteiger charge is -2.20. The highest BCUT2D eigenvalue weighted by Crippen LogP contribution is 2.16. The molecule has 0 unspecified atom stereocenters. The number of aliphatic imine (C=N–C) groups is 1. The van der Waals surface area contributed by atoms with E-state index in [4.69, 9.17) is 4.74 Å². The van der Waals surface area contributed by atoms with E-state index in [2.05, 4.69) is 32.4 Å². The molecule has 0 saturated heterocycles. The number of aromatic nitrogens is 2. The van der Waals surface area contributed by atoms with Crippen LogP contribution < -0.4 is 5.32 Å². The quantitative estimate of drug-likeness (QED) is 0.320. The highest BCUT2D eigenvalue weighted by atomic mass is 127. The van der Waals surface area contributed by atoms with E-state index in [1.807, 2.05) is 36.3 Å². The van der Waals surface area contributed by atoms with Crippen LogP contribution in [0, 0.1) is 0 Å². The van der Waals surface area contributed by atoms with Crippen LogP contribution in [-0.2, 0) is 11.3 Å². The highest BCUT2D eigenvalue weighted by Gasteiger charge is 2.09. The molecule has 1 heterocycles. The van der Waals surface area contributed by atoms with Gasteiger partial charge in [0.25, 0.3) is 0 Å². The van der Waals surface area contributed by atoms with Gasteiger partial charge in [0, 0.05) is 27.7 Å². The Labute approximate surface area is 154 Å². The maximum atomic E-state index is 5.03. The van der Waals surface area contributed by atoms with Crippen molar-refractivity contribution in [2.45, 2.75) is 6.54 Å². The van der Waals surface area contributed by atoms with Crippen LogP contribution in [0.4, 0.5) is 0 Å². The number of aromatic amines is 1. The molecule has 0 atom stereocenters. The second-order valence-corrected chi connectivity index (χ2v) is 4.93. The van der Waals surface area contributed by atoms with Gasteiger partial charge in [0.2, 0.25) is 0 Å². The Morgan fingerprint density at radius 3 is 2.74 bits per heavy atom. The molecule has 2 rings (SSSR count). The minimum absolute atomic E-state index is 0. The molecule has 2 aromatic rings. The maximum Gasteiger partial charge on any atom is 0.193 e. The van der Waals surface area contributed by atoms with E-state index in [-0.39, 0.29) is 24.0 Å². The summed E-state index contributed by atoms with van der Waals surface area (Å²) in [5, 5.41) is 3.24. The van der Waals surface area contributed by atoms with Gasteiger partial charge in [-0.2, -0.15) is 0 Å². The van der Waals surface area contributed by atoms with Crippen molar-refractivity contribution in [2.24, 2.45) is 4.99 Å². The number of hydrogen-bond donors (Lipinski definition) is 2. The van der Waals surface area contributed by atoms with Gasteiger partial charge in [-0.3, -0.25) is 4.99 Å². The first-order valence-corrected chi connectivity index (χ1v) is 7.24. The molecule has 1 aromatic carbocycles. The average Bonchev–Trinajstić information content (AvgIpc) is 3.01. The molecule has 0 aliphatic rings. The van der Waals surface area contributed by atoms with Crippen molar-refractivity contribution in [3.05, 3.63) is 42.4 Å². The number of rotatable bonds is 6. The number of imidazole rings is 1. The molecule has 0 saturated carbocycles. The number of methoxy groups -OCH3 is 1. The normalized spacial score (nSPS) is 11.0. The molecular formula is C16H24IN5O. The van der Waals surface area contributed by atoms with Crippen molar-refractivity contribution < 1.29 is 4.74 Å². The minimum atomic E-state index is 0. The first-order chi connectivity index (χ1) is 10.7. The predicted octanol–water partition coefficient (Wildman–Crippen LogP) is 2.35. The van der Waals surface area contributed by atoms with Crippen molar-refractivity contribution in [1.29, 1.82) is 0 Å². The number of hydrogen-bond acceptors (Lipinski definition) is 3. The third kappa shape index (κ3) is 5.83. The summed E-state index contributed by atoms with van der Waals surface area (Å²) in [6.45, 7) is 2.02.